The van der Waals surface area contributed by atoms with Crippen LogP contribution in [0.2, 0.25) is 0 Å². The number of thiazole rings is 1. The van der Waals surface area contributed by atoms with E-state index in [9.17, 15) is 9.90 Å². The van der Waals surface area contributed by atoms with Crippen LogP contribution in [0.3, 0.4) is 0 Å². The molecule has 0 fully saturated rings. The molecule has 0 aliphatic rings. The maximum atomic E-state index is 11.7. The van der Waals surface area contributed by atoms with Gasteiger partial charge in [0, 0.05) is 0 Å². The molecule has 0 saturated carbocycles. The molecule has 3 rings (SSSR count). The Balaban J connectivity index is 1.74. The topological polar surface area (TPSA) is 71.5 Å². The Morgan fingerprint density at radius 2 is 2.00 bits per heavy atom. The highest BCUT2D eigenvalue weighted by atomic mass is 32.1. The monoisotopic (exact) mass is 286 g/mol. The predicted molar refractivity (Wildman–Crippen MR) is 77.4 cm³/mol. The summed E-state index contributed by atoms with van der Waals surface area (Å²) in [7, 11) is 0. The maximum absolute atomic E-state index is 11.7. The van der Waals surface area contributed by atoms with Gasteiger partial charge in [-0.05, 0) is 30.3 Å². The van der Waals surface area contributed by atoms with Crippen molar-refractivity contribution in [3.8, 4) is 11.5 Å². The summed E-state index contributed by atoms with van der Waals surface area (Å²) in [6.07, 6.45) is -0.598. The molecule has 0 atom stereocenters. The molecule has 20 heavy (non-hydrogen) atoms. The van der Waals surface area contributed by atoms with Crippen molar-refractivity contribution in [3.05, 3.63) is 48.5 Å². The van der Waals surface area contributed by atoms with Gasteiger partial charge in [-0.15, -0.1) is 0 Å². The van der Waals surface area contributed by atoms with Gasteiger partial charge in [0.25, 0.3) is 0 Å². The lowest BCUT2D eigenvalue weighted by molar-refractivity contribution is 0.215. The number of nitrogens with zero attached hydrogens (tertiary/aromatic N) is 1. The van der Waals surface area contributed by atoms with E-state index in [4.69, 9.17) is 4.74 Å². The Bertz CT molecular complexity index is 755. The number of para-hydroxylation sites is 1. The third-order valence-corrected chi connectivity index (χ3v) is 3.47. The van der Waals surface area contributed by atoms with E-state index in [1.807, 2.05) is 6.07 Å². The summed E-state index contributed by atoms with van der Waals surface area (Å²) in [5.41, 5.74) is 0.711. The number of anilines is 1. The van der Waals surface area contributed by atoms with Crippen LogP contribution in [0, 0.1) is 0 Å². The van der Waals surface area contributed by atoms with E-state index in [-0.39, 0.29) is 5.75 Å². The Hall–Kier alpha value is -2.60. The first kappa shape index (κ1) is 12.4. The lowest BCUT2D eigenvalue weighted by Gasteiger charge is -2.03. The highest BCUT2D eigenvalue weighted by Gasteiger charge is 2.09. The zero-order chi connectivity index (χ0) is 13.9. The van der Waals surface area contributed by atoms with Gasteiger partial charge in [-0.3, -0.25) is 5.32 Å². The molecule has 2 aromatic carbocycles. The first-order chi connectivity index (χ1) is 9.70. The van der Waals surface area contributed by atoms with Crippen LogP contribution < -0.4 is 10.1 Å². The zero-order valence-electron chi connectivity index (χ0n) is 10.2. The Morgan fingerprint density at radius 3 is 2.80 bits per heavy atom. The molecular weight excluding hydrogens is 276 g/mol. The number of benzene rings is 2. The molecule has 0 aliphatic carbocycles. The third-order valence-electron chi connectivity index (χ3n) is 2.53. The van der Waals surface area contributed by atoms with Crippen molar-refractivity contribution in [2.24, 2.45) is 0 Å². The average molecular weight is 286 g/mol. The summed E-state index contributed by atoms with van der Waals surface area (Å²) in [6.45, 7) is 0. The minimum atomic E-state index is -0.598. The summed E-state index contributed by atoms with van der Waals surface area (Å²) in [5.74, 6) is 0.628. The fraction of sp³-hybridized carbons (Fsp3) is 0. The molecule has 3 aromatic rings. The van der Waals surface area contributed by atoms with Crippen LogP contribution in [-0.2, 0) is 0 Å². The van der Waals surface area contributed by atoms with Crippen LogP contribution in [-0.4, -0.2) is 16.2 Å². The molecule has 100 valence electrons. The second-order valence-corrected chi connectivity index (χ2v) is 5.03. The number of rotatable bonds is 2. The Labute approximate surface area is 118 Å². The number of carbonyl (C=O) groups is 1. The number of amides is 1. The molecular formula is C14H10N2O3S. The Morgan fingerprint density at radius 1 is 1.20 bits per heavy atom. The first-order valence-corrected chi connectivity index (χ1v) is 6.66. The average Bonchev–Trinajstić information content (AvgIpc) is 2.80. The molecule has 1 aromatic heterocycles. The van der Waals surface area contributed by atoms with Crippen molar-refractivity contribution >= 4 is 32.8 Å². The van der Waals surface area contributed by atoms with Gasteiger partial charge in [0.05, 0.1) is 10.2 Å². The zero-order valence-corrected chi connectivity index (χ0v) is 11.1. The lowest BCUT2D eigenvalue weighted by atomic mass is 10.3. The number of ether oxygens (including phenoxy) is 1. The van der Waals surface area contributed by atoms with E-state index >= 15 is 0 Å². The van der Waals surface area contributed by atoms with E-state index in [1.54, 1.807) is 42.5 Å². The van der Waals surface area contributed by atoms with Crippen LogP contribution in [0.25, 0.3) is 10.2 Å². The van der Waals surface area contributed by atoms with Gasteiger partial charge in [-0.1, -0.05) is 29.5 Å². The molecule has 1 amide bonds. The molecule has 5 nitrogen and oxygen atoms in total. The van der Waals surface area contributed by atoms with Crippen LogP contribution in [0.15, 0.2) is 48.5 Å². The van der Waals surface area contributed by atoms with Gasteiger partial charge in [0.2, 0.25) is 0 Å². The molecule has 0 saturated heterocycles. The number of phenolic OH excluding ortho intramolecular Hbond substituents is 1. The van der Waals surface area contributed by atoms with Gasteiger partial charge in [0.1, 0.15) is 11.5 Å². The van der Waals surface area contributed by atoms with Crippen molar-refractivity contribution in [2.45, 2.75) is 0 Å². The number of fused-ring (bicyclic) bond motifs is 1. The number of phenols is 1. The molecule has 6 heteroatoms. The van der Waals surface area contributed by atoms with Crippen LogP contribution in [0.5, 0.6) is 11.5 Å². The van der Waals surface area contributed by atoms with Crippen LogP contribution in [0.1, 0.15) is 0 Å². The summed E-state index contributed by atoms with van der Waals surface area (Å²) in [4.78, 5) is 15.9. The van der Waals surface area contributed by atoms with Gasteiger partial charge in [-0.2, -0.15) is 0 Å². The molecule has 0 unspecified atom stereocenters. The molecule has 0 aliphatic heterocycles. The van der Waals surface area contributed by atoms with Crippen molar-refractivity contribution in [3.63, 3.8) is 0 Å². The Kier molecular flexibility index (Phi) is 3.22. The highest BCUT2D eigenvalue weighted by molar-refractivity contribution is 7.22. The van der Waals surface area contributed by atoms with Gasteiger partial charge in [-0.25, -0.2) is 9.78 Å². The van der Waals surface area contributed by atoms with Crippen LogP contribution in [0.4, 0.5) is 9.93 Å². The van der Waals surface area contributed by atoms with Crippen molar-refractivity contribution in [2.75, 3.05) is 5.32 Å². The molecule has 0 bridgehead atoms. The number of nitrogens with one attached hydrogen (secondary N) is 1. The molecule has 1 heterocycles. The molecule has 0 spiro atoms. The number of aromatic nitrogens is 1. The fourth-order valence-electron chi connectivity index (χ4n) is 1.68. The second kappa shape index (κ2) is 5.18. The summed E-state index contributed by atoms with van der Waals surface area (Å²) in [6, 6.07) is 13.6. The predicted octanol–water partition coefficient (Wildman–Crippen LogP) is 3.61. The first-order valence-electron chi connectivity index (χ1n) is 5.84. The second-order valence-electron chi connectivity index (χ2n) is 4.00. The summed E-state index contributed by atoms with van der Waals surface area (Å²) >= 11 is 1.27. The normalized spacial score (nSPS) is 10.4. The highest BCUT2D eigenvalue weighted by Crippen LogP contribution is 2.28. The molecule has 2 N–H and O–H groups in total. The van der Waals surface area contributed by atoms with E-state index in [2.05, 4.69) is 10.3 Å². The largest absolute Gasteiger partial charge is 0.508 e. The third kappa shape index (κ3) is 2.70. The number of hydrogen-bond acceptors (Lipinski definition) is 5. The van der Waals surface area contributed by atoms with Crippen molar-refractivity contribution in [1.82, 2.24) is 4.98 Å². The lowest BCUT2D eigenvalue weighted by Crippen LogP contribution is -2.16. The number of aromatic hydroxyl groups is 1. The summed E-state index contributed by atoms with van der Waals surface area (Å²) in [5, 5.41) is 12.4. The van der Waals surface area contributed by atoms with Crippen molar-refractivity contribution < 1.29 is 14.6 Å². The van der Waals surface area contributed by atoms with E-state index in [1.165, 1.54) is 11.3 Å². The molecule has 0 radical (unpaired) electrons. The fourth-order valence-corrected chi connectivity index (χ4v) is 2.56. The number of carbonyl (C=O) groups excluding carboxylic acids is 1. The quantitative estimate of drug-likeness (QED) is 0.755. The maximum Gasteiger partial charge on any atom is 0.418 e. The standard InChI is InChI=1S/C14H10N2O3S/c17-9-6-7-11-12(8-9)20-13(15-11)16-14(18)19-10-4-2-1-3-5-10/h1-8,17H,(H,15,16,18). The van der Waals surface area contributed by atoms with Crippen LogP contribution >= 0.6 is 11.3 Å². The smallest absolute Gasteiger partial charge is 0.418 e. The van der Waals surface area contributed by atoms with Gasteiger partial charge < -0.3 is 9.84 Å². The van der Waals surface area contributed by atoms with E-state index in [0.717, 1.165) is 4.70 Å². The minimum absolute atomic E-state index is 0.166. The van der Waals surface area contributed by atoms with Gasteiger partial charge >= 0.3 is 6.09 Å². The van der Waals surface area contributed by atoms with E-state index in [0.29, 0.717) is 16.4 Å². The van der Waals surface area contributed by atoms with E-state index < -0.39 is 6.09 Å². The van der Waals surface area contributed by atoms with Crippen molar-refractivity contribution in [1.29, 1.82) is 0 Å². The summed E-state index contributed by atoms with van der Waals surface area (Å²) < 4.78 is 5.90. The number of hydrogen-bond donors (Lipinski definition) is 2. The van der Waals surface area contributed by atoms with Gasteiger partial charge in [0.15, 0.2) is 5.13 Å². The minimum Gasteiger partial charge on any atom is -0.508 e. The SMILES string of the molecule is O=C(Nc1nc2ccc(O)cc2s1)Oc1ccccc1.